The van der Waals surface area contributed by atoms with Gasteiger partial charge in [-0.05, 0) is 55.6 Å². The lowest BCUT2D eigenvalue weighted by Gasteiger charge is -2.34. The third kappa shape index (κ3) is 4.55. The molecule has 3 rings (SSSR count). The first-order chi connectivity index (χ1) is 12.6. The lowest BCUT2D eigenvalue weighted by Crippen LogP contribution is -2.48. The van der Waals surface area contributed by atoms with Crippen molar-refractivity contribution in [1.82, 2.24) is 10.2 Å². The zero-order valence-electron chi connectivity index (χ0n) is 15.2. The number of nitrogens with zero attached hydrogens (tertiary/aromatic N) is 1. The number of amides is 2. The lowest BCUT2D eigenvalue weighted by atomic mass is 9.86. The van der Waals surface area contributed by atoms with Gasteiger partial charge in [0.2, 0.25) is 0 Å². The maximum Gasteiger partial charge on any atom is 0.317 e. The van der Waals surface area contributed by atoms with Crippen molar-refractivity contribution in [3.05, 3.63) is 35.4 Å². The number of hydrogen-bond donors (Lipinski definition) is 3. The number of carboxylic acid groups (broad SMARTS) is 1. The maximum absolute atomic E-state index is 12.5. The van der Waals surface area contributed by atoms with Crippen molar-refractivity contribution in [2.24, 2.45) is 11.7 Å². The van der Waals surface area contributed by atoms with E-state index in [0.29, 0.717) is 25.3 Å². The van der Waals surface area contributed by atoms with E-state index in [2.05, 4.69) is 29.6 Å². The van der Waals surface area contributed by atoms with Gasteiger partial charge in [0.05, 0.1) is 5.92 Å². The molecule has 1 aliphatic carbocycles. The first kappa shape index (κ1) is 18.7. The highest BCUT2D eigenvalue weighted by Crippen LogP contribution is 2.29. The van der Waals surface area contributed by atoms with Gasteiger partial charge in [0.1, 0.15) is 0 Å². The molecule has 0 radical (unpaired) electrons. The Morgan fingerprint density at radius 3 is 2.19 bits per heavy atom. The quantitative estimate of drug-likeness (QED) is 0.770. The number of carboxylic acids is 1. The molecule has 4 N–H and O–H groups in total. The number of carbonyl (C=O) groups excluding carboxylic acids is 1. The number of urea groups is 1. The SMILES string of the molecule is NCc1ccc(C2CCN(C(=O)NC3CCC(C(=O)O)CC3)CC2)cc1. The van der Waals surface area contributed by atoms with Gasteiger partial charge in [0.15, 0.2) is 0 Å². The molecule has 0 bridgehead atoms. The standard InChI is InChI=1S/C20H29N3O3/c21-13-14-1-3-15(4-2-14)16-9-11-23(12-10-16)20(26)22-18-7-5-17(6-8-18)19(24)25/h1-4,16-18H,5-13,21H2,(H,22,26)(H,24,25). The summed E-state index contributed by atoms with van der Waals surface area (Å²) in [6.07, 6.45) is 4.77. The molecule has 2 amide bonds. The van der Waals surface area contributed by atoms with Crippen molar-refractivity contribution in [2.45, 2.75) is 57.0 Å². The van der Waals surface area contributed by atoms with Gasteiger partial charge in [0.25, 0.3) is 0 Å². The van der Waals surface area contributed by atoms with Crippen LogP contribution >= 0.6 is 0 Å². The highest BCUT2D eigenvalue weighted by Gasteiger charge is 2.29. The van der Waals surface area contributed by atoms with Crippen LogP contribution in [0.25, 0.3) is 0 Å². The fourth-order valence-corrected chi connectivity index (χ4v) is 4.09. The summed E-state index contributed by atoms with van der Waals surface area (Å²) < 4.78 is 0. The van der Waals surface area contributed by atoms with Gasteiger partial charge >= 0.3 is 12.0 Å². The van der Waals surface area contributed by atoms with E-state index in [-0.39, 0.29) is 18.0 Å². The van der Waals surface area contributed by atoms with E-state index < -0.39 is 5.97 Å². The van der Waals surface area contributed by atoms with Crippen molar-refractivity contribution >= 4 is 12.0 Å². The summed E-state index contributed by atoms with van der Waals surface area (Å²) in [6.45, 7) is 2.09. The normalized spacial score (nSPS) is 24.3. The predicted octanol–water partition coefficient (Wildman–Crippen LogP) is 2.68. The number of aliphatic carboxylic acids is 1. The van der Waals surface area contributed by atoms with Crippen molar-refractivity contribution < 1.29 is 14.7 Å². The number of rotatable bonds is 4. The van der Waals surface area contributed by atoms with E-state index >= 15 is 0 Å². The van der Waals surface area contributed by atoms with E-state index in [0.717, 1.165) is 44.3 Å². The second kappa shape index (κ2) is 8.54. The van der Waals surface area contributed by atoms with Crippen molar-refractivity contribution in [3.63, 3.8) is 0 Å². The van der Waals surface area contributed by atoms with Gasteiger partial charge in [-0.25, -0.2) is 4.79 Å². The molecule has 2 fully saturated rings. The van der Waals surface area contributed by atoms with Gasteiger partial charge < -0.3 is 21.1 Å². The van der Waals surface area contributed by atoms with Gasteiger partial charge in [0, 0.05) is 25.7 Å². The van der Waals surface area contributed by atoms with Crippen LogP contribution in [0.15, 0.2) is 24.3 Å². The summed E-state index contributed by atoms with van der Waals surface area (Å²) in [4.78, 5) is 25.4. The minimum Gasteiger partial charge on any atom is -0.481 e. The van der Waals surface area contributed by atoms with E-state index in [9.17, 15) is 9.59 Å². The summed E-state index contributed by atoms with van der Waals surface area (Å²) in [5.41, 5.74) is 8.12. The average Bonchev–Trinajstić information content (AvgIpc) is 2.68. The minimum absolute atomic E-state index is 0.000652. The van der Waals surface area contributed by atoms with Crippen LogP contribution in [0.1, 0.15) is 55.6 Å². The molecule has 1 aliphatic heterocycles. The molecule has 142 valence electrons. The van der Waals surface area contributed by atoms with E-state index in [1.165, 1.54) is 5.56 Å². The van der Waals surface area contributed by atoms with Crippen molar-refractivity contribution in [2.75, 3.05) is 13.1 Å². The molecular weight excluding hydrogens is 330 g/mol. The van der Waals surface area contributed by atoms with Gasteiger partial charge in [-0.15, -0.1) is 0 Å². The summed E-state index contributed by atoms with van der Waals surface area (Å²) in [6, 6.07) is 8.59. The van der Waals surface area contributed by atoms with Crippen LogP contribution in [0, 0.1) is 5.92 Å². The predicted molar refractivity (Wildman–Crippen MR) is 99.8 cm³/mol. The number of nitrogens with one attached hydrogen (secondary N) is 1. The first-order valence-corrected chi connectivity index (χ1v) is 9.64. The molecule has 0 spiro atoms. The summed E-state index contributed by atoms with van der Waals surface area (Å²) >= 11 is 0. The molecule has 0 unspecified atom stereocenters. The first-order valence-electron chi connectivity index (χ1n) is 9.64. The fraction of sp³-hybridized carbons (Fsp3) is 0.600. The Balaban J connectivity index is 1.44. The van der Waals surface area contributed by atoms with E-state index in [4.69, 9.17) is 10.8 Å². The highest BCUT2D eigenvalue weighted by molar-refractivity contribution is 5.75. The van der Waals surface area contributed by atoms with Crippen LogP contribution in [-0.2, 0) is 11.3 Å². The molecule has 1 saturated heterocycles. The Labute approximate surface area is 154 Å². The zero-order valence-corrected chi connectivity index (χ0v) is 15.2. The molecule has 1 aromatic carbocycles. The van der Waals surface area contributed by atoms with Gasteiger partial charge in [-0.1, -0.05) is 24.3 Å². The largest absolute Gasteiger partial charge is 0.481 e. The Bertz CT molecular complexity index is 616. The van der Waals surface area contributed by atoms with Crippen LogP contribution in [0.5, 0.6) is 0 Å². The van der Waals surface area contributed by atoms with Crippen LogP contribution in [0.2, 0.25) is 0 Å². The van der Waals surface area contributed by atoms with Crippen molar-refractivity contribution in [3.8, 4) is 0 Å². The van der Waals surface area contributed by atoms with Gasteiger partial charge in [-0.2, -0.15) is 0 Å². The molecule has 1 saturated carbocycles. The number of piperidine rings is 1. The molecule has 6 heteroatoms. The molecule has 0 atom stereocenters. The van der Waals surface area contributed by atoms with Crippen LogP contribution < -0.4 is 11.1 Å². The average molecular weight is 359 g/mol. The molecule has 0 aromatic heterocycles. The number of carbonyl (C=O) groups is 2. The number of benzene rings is 1. The zero-order chi connectivity index (χ0) is 18.5. The van der Waals surface area contributed by atoms with E-state index in [1.807, 2.05) is 4.90 Å². The topological polar surface area (TPSA) is 95.7 Å². The van der Waals surface area contributed by atoms with Crippen molar-refractivity contribution in [1.29, 1.82) is 0 Å². The minimum atomic E-state index is -0.712. The Morgan fingerprint density at radius 1 is 1.04 bits per heavy atom. The molecule has 2 aliphatic rings. The second-order valence-electron chi connectivity index (χ2n) is 7.54. The van der Waals surface area contributed by atoms with Gasteiger partial charge in [-0.3, -0.25) is 4.79 Å². The molecule has 1 aromatic rings. The molecular formula is C20H29N3O3. The second-order valence-corrected chi connectivity index (χ2v) is 7.54. The third-order valence-electron chi connectivity index (χ3n) is 5.87. The number of likely N-dealkylation sites (tertiary alicyclic amines) is 1. The number of hydrogen-bond acceptors (Lipinski definition) is 3. The fourth-order valence-electron chi connectivity index (χ4n) is 4.09. The molecule has 1 heterocycles. The Hall–Kier alpha value is -2.08. The maximum atomic E-state index is 12.5. The number of nitrogens with two attached hydrogens (primary N) is 1. The Morgan fingerprint density at radius 2 is 1.65 bits per heavy atom. The van der Waals surface area contributed by atoms with E-state index in [1.54, 1.807) is 0 Å². The third-order valence-corrected chi connectivity index (χ3v) is 5.87. The summed E-state index contributed by atoms with van der Waals surface area (Å²) in [5.74, 6) is -0.460. The highest BCUT2D eigenvalue weighted by atomic mass is 16.4. The summed E-state index contributed by atoms with van der Waals surface area (Å²) in [5, 5.41) is 12.2. The lowest BCUT2D eigenvalue weighted by molar-refractivity contribution is -0.142. The molecule has 6 nitrogen and oxygen atoms in total. The van der Waals surface area contributed by atoms with Crippen LogP contribution in [-0.4, -0.2) is 41.1 Å². The smallest absolute Gasteiger partial charge is 0.317 e. The molecule has 26 heavy (non-hydrogen) atoms. The van der Waals surface area contributed by atoms with Crippen LogP contribution in [0.4, 0.5) is 4.79 Å². The Kier molecular flexibility index (Phi) is 6.14. The monoisotopic (exact) mass is 359 g/mol. The van der Waals surface area contributed by atoms with Crippen LogP contribution in [0.3, 0.4) is 0 Å². The summed E-state index contributed by atoms with van der Waals surface area (Å²) in [7, 11) is 0.